The van der Waals surface area contributed by atoms with Crippen molar-refractivity contribution < 1.29 is 75.8 Å². The van der Waals surface area contributed by atoms with Gasteiger partial charge in [0.05, 0.1) is 26.4 Å². The van der Waals surface area contributed by atoms with Gasteiger partial charge < -0.3 is 34.2 Å². The number of ether oxygens (including phenoxy) is 3. The number of hydrogen-bond acceptors (Lipinski definition) is 14. The first-order valence-electron chi connectivity index (χ1n) is 46.4. The maximum Gasteiger partial charge on any atom is 0.472 e. The Morgan fingerprint density at radius 1 is 0.248 bits per heavy atom. The SMILES string of the molecule is CC/C=C\C/C=C\C/C=C\C/C=C\C/C=C\C/C=C\CCCCCCCCC(=O)OC(COC(=O)CCCCCCCCCCCCC/C=C\C/C=C\C/C=C\C/C=C\CCCCC)COP(=O)(O)OCC(O)COP(=O)(O)OCC(O)COC(=O)CCCCCCCCCCCCCCC/C=C\C/C=C\C/C=C\C/C=C\CCCCC. The zero-order valence-electron chi connectivity index (χ0n) is 73.8. The van der Waals surface area contributed by atoms with Gasteiger partial charge in [-0.1, -0.05) is 371 Å². The molecule has 0 saturated heterocycles. The number of allylic oxidation sites excluding steroid dienone is 28. The quantitative estimate of drug-likeness (QED) is 0.0146. The van der Waals surface area contributed by atoms with Crippen molar-refractivity contribution in [3.8, 4) is 0 Å². The van der Waals surface area contributed by atoms with Gasteiger partial charge in [-0.25, -0.2) is 9.13 Å². The summed E-state index contributed by atoms with van der Waals surface area (Å²) in [5, 5.41) is 20.7. The van der Waals surface area contributed by atoms with E-state index in [2.05, 4.69) is 191 Å². The van der Waals surface area contributed by atoms with Crippen LogP contribution in [0.25, 0.3) is 0 Å². The number of hydrogen-bond donors (Lipinski definition) is 4. The third kappa shape index (κ3) is 91.5. The van der Waals surface area contributed by atoms with Crippen LogP contribution in [0.4, 0.5) is 0 Å². The number of unbranched alkanes of at least 4 members (excludes halogenated alkanes) is 36. The zero-order chi connectivity index (χ0) is 85.1. The van der Waals surface area contributed by atoms with E-state index in [1.54, 1.807) is 0 Å². The Bertz CT molecular complexity index is 2810. The Hall–Kier alpha value is -5.09. The van der Waals surface area contributed by atoms with E-state index in [9.17, 15) is 43.5 Å². The van der Waals surface area contributed by atoms with Crippen LogP contribution in [-0.4, -0.2) is 95.9 Å². The molecule has 670 valence electrons. The molecule has 0 radical (unpaired) electrons. The molecular formula is C99H168O16P2. The van der Waals surface area contributed by atoms with E-state index < -0.39 is 91.5 Å². The Labute approximate surface area is 713 Å². The van der Waals surface area contributed by atoms with Crippen molar-refractivity contribution >= 4 is 33.6 Å². The highest BCUT2D eigenvalue weighted by molar-refractivity contribution is 7.47. The van der Waals surface area contributed by atoms with Crippen molar-refractivity contribution in [2.75, 3.05) is 39.6 Å². The predicted molar refractivity (Wildman–Crippen MR) is 491 cm³/mol. The van der Waals surface area contributed by atoms with Crippen molar-refractivity contribution in [3.63, 3.8) is 0 Å². The fourth-order valence-corrected chi connectivity index (χ4v) is 14.0. The molecule has 0 aliphatic rings. The first kappa shape index (κ1) is 112. The minimum Gasteiger partial charge on any atom is -0.463 e. The van der Waals surface area contributed by atoms with Gasteiger partial charge in [-0.2, -0.15) is 0 Å². The maximum absolute atomic E-state index is 13.1. The summed E-state index contributed by atoms with van der Waals surface area (Å²) >= 11 is 0. The lowest BCUT2D eigenvalue weighted by atomic mass is 10.0. The van der Waals surface area contributed by atoms with E-state index in [0.29, 0.717) is 19.3 Å². The predicted octanol–water partition coefficient (Wildman–Crippen LogP) is 28.7. The molecule has 0 bridgehead atoms. The Kier molecular flexibility index (Phi) is 86.2. The molecule has 4 N–H and O–H groups in total. The molecule has 0 saturated carbocycles. The van der Waals surface area contributed by atoms with Crippen molar-refractivity contribution in [3.05, 3.63) is 170 Å². The number of esters is 3. The van der Waals surface area contributed by atoms with Gasteiger partial charge in [0, 0.05) is 19.3 Å². The molecule has 0 heterocycles. The molecule has 0 aromatic heterocycles. The lowest BCUT2D eigenvalue weighted by Gasteiger charge is -2.21. The van der Waals surface area contributed by atoms with E-state index >= 15 is 0 Å². The number of aliphatic hydroxyl groups is 2. The summed E-state index contributed by atoms with van der Waals surface area (Å²) in [6, 6.07) is 0. The topological polar surface area (TPSA) is 231 Å². The van der Waals surface area contributed by atoms with Crippen LogP contribution >= 0.6 is 15.6 Å². The summed E-state index contributed by atoms with van der Waals surface area (Å²) in [5.74, 6) is -1.59. The Balaban J connectivity index is 4.68. The van der Waals surface area contributed by atoms with E-state index in [1.807, 2.05) is 0 Å². The largest absolute Gasteiger partial charge is 0.472 e. The zero-order valence-corrected chi connectivity index (χ0v) is 75.6. The average molecular weight is 1680 g/mol. The second-order valence-corrected chi connectivity index (χ2v) is 33.6. The van der Waals surface area contributed by atoms with Gasteiger partial charge >= 0.3 is 33.6 Å². The standard InChI is InChI=1S/C99H168O16P2/c1-4-7-10-13-16-19-22-25-28-31-34-37-40-43-45-46-48-51-52-55-58-61-64-67-70-73-76-79-82-85-97(102)109-88-94(100)89-111-116(105,106)112-90-95(101)91-113-117(107,108)114-93-96(115-99(104)87-84-81-78-75-72-69-66-63-60-57-54-49-42-39-36-33-30-27-24-21-18-15-12-9-6-3)92-110-98(103)86-83-80-77-74-71-68-65-62-59-56-53-50-47-44-41-38-35-32-29-26-23-20-17-14-11-8-5-2/h9,12,16-21,25-30,34-39,43-45,47,49,54,60,63,94-96,100-101H,4-8,10-11,13-15,22-24,31-33,40-42,46,48,50-53,55-59,61-62,64-93H2,1-3H3,(H,105,106)(H,107,108)/b12-9-,19-16-,20-17-,21-18-,28-25-,29-26-,30-27-,37-34-,38-35-,39-36-,45-43-,47-44-,54-49-,63-60-. The van der Waals surface area contributed by atoms with E-state index in [4.69, 9.17) is 32.3 Å². The molecule has 0 aliphatic heterocycles. The van der Waals surface area contributed by atoms with Crippen LogP contribution in [0.3, 0.4) is 0 Å². The molecule has 0 fully saturated rings. The summed E-state index contributed by atoms with van der Waals surface area (Å²) < 4.78 is 61.5. The van der Waals surface area contributed by atoms with Crippen LogP contribution < -0.4 is 0 Å². The lowest BCUT2D eigenvalue weighted by molar-refractivity contribution is -0.161. The summed E-state index contributed by atoms with van der Waals surface area (Å²) in [4.78, 5) is 59.0. The third-order valence-electron chi connectivity index (χ3n) is 19.4. The van der Waals surface area contributed by atoms with Crippen LogP contribution in [0.5, 0.6) is 0 Å². The first-order valence-corrected chi connectivity index (χ1v) is 49.4. The van der Waals surface area contributed by atoms with Crippen molar-refractivity contribution in [1.29, 1.82) is 0 Å². The third-order valence-corrected chi connectivity index (χ3v) is 21.3. The molecule has 18 heteroatoms. The number of carbonyl (C=O) groups is 3. The molecular weight excluding hydrogens is 1510 g/mol. The minimum atomic E-state index is -4.95. The Morgan fingerprint density at radius 2 is 0.453 bits per heavy atom. The van der Waals surface area contributed by atoms with E-state index in [0.717, 1.165) is 173 Å². The summed E-state index contributed by atoms with van der Waals surface area (Å²) in [7, 11) is -9.82. The molecule has 117 heavy (non-hydrogen) atoms. The highest BCUT2D eigenvalue weighted by Gasteiger charge is 2.29. The smallest absolute Gasteiger partial charge is 0.463 e. The van der Waals surface area contributed by atoms with Gasteiger partial charge in [-0.3, -0.25) is 32.5 Å². The molecule has 5 unspecified atom stereocenters. The number of phosphoric ester groups is 2. The van der Waals surface area contributed by atoms with Gasteiger partial charge in [-0.15, -0.1) is 0 Å². The summed E-state index contributed by atoms with van der Waals surface area (Å²) in [5.41, 5.74) is 0. The summed E-state index contributed by atoms with van der Waals surface area (Å²) in [6.07, 6.45) is 117. The first-order chi connectivity index (χ1) is 57.2. The van der Waals surface area contributed by atoms with Crippen molar-refractivity contribution in [1.82, 2.24) is 0 Å². The number of phosphoric acid groups is 2. The molecule has 0 aliphatic carbocycles. The van der Waals surface area contributed by atoms with Crippen LogP contribution in [0.15, 0.2) is 170 Å². The van der Waals surface area contributed by atoms with Gasteiger partial charge in [0.15, 0.2) is 6.10 Å². The van der Waals surface area contributed by atoms with Crippen molar-refractivity contribution in [2.24, 2.45) is 0 Å². The van der Waals surface area contributed by atoms with Gasteiger partial charge in [0.25, 0.3) is 0 Å². The monoisotopic (exact) mass is 1680 g/mol. The van der Waals surface area contributed by atoms with Gasteiger partial charge in [0.1, 0.15) is 25.4 Å². The van der Waals surface area contributed by atoms with Crippen LogP contribution in [-0.2, 0) is 55.8 Å². The molecule has 0 aromatic carbocycles. The molecule has 0 rings (SSSR count). The molecule has 0 spiro atoms. The van der Waals surface area contributed by atoms with Crippen molar-refractivity contribution in [2.45, 2.75) is 399 Å². The van der Waals surface area contributed by atoms with Crippen LogP contribution in [0.2, 0.25) is 0 Å². The van der Waals surface area contributed by atoms with E-state index in [-0.39, 0.29) is 19.3 Å². The highest BCUT2D eigenvalue weighted by atomic mass is 31.2. The summed E-state index contributed by atoms with van der Waals surface area (Å²) in [6.45, 7) is 2.53. The number of carbonyl (C=O) groups excluding carboxylic acids is 3. The molecule has 0 aromatic rings. The van der Waals surface area contributed by atoms with Gasteiger partial charge in [-0.05, 0) is 161 Å². The Morgan fingerprint density at radius 3 is 0.718 bits per heavy atom. The number of aliphatic hydroxyl groups excluding tert-OH is 2. The number of rotatable bonds is 87. The average Bonchev–Trinajstić information content (AvgIpc) is 0.907. The van der Waals surface area contributed by atoms with Crippen LogP contribution in [0.1, 0.15) is 380 Å². The normalized spacial score (nSPS) is 14.6. The molecule has 0 amide bonds. The maximum atomic E-state index is 13.1. The highest BCUT2D eigenvalue weighted by Crippen LogP contribution is 2.45. The lowest BCUT2D eigenvalue weighted by Crippen LogP contribution is -2.30. The van der Waals surface area contributed by atoms with Gasteiger partial charge in [0.2, 0.25) is 0 Å². The van der Waals surface area contributed by atoms with E-state index in [1.165, 1.54) is 148 Å². The fraction of sp³-hybridized carbons (Fsp3) is 0.687. The molecule has 16 nitrogen and oxygen atoms in total. The molecule has 5 atom stereocenters. The van der Waals surface area contributed by atoms with Crippen LogP contribution in [0, 0.1) is 0 Å². The minimum absolute atomic E-state index is 0.0812. The second kappa shape index (κ2) is 90.2. The fourth-order valence-electron chi connectivity index (χ4n) is 12.4. The second-order valence-electron chi connectivity index (χ2n) is 30.7.